The molecule has 0 bridgehead atoms. The molecule has 2 heterocycles. The van der Waals surface area contributed by atoms with Crippen LogP contribution < -0.4 is 5.32 Å². The third kappa shape index (κ3) is 2.91. The van der Waals surface area contributed by atoms with E-state index in [9.17, 15) is 19.2 Å². The molecule has 1 unspecified atom stereocenters. The number of amides is 5. The molecular weight excluding hydrogens is 288 g/mol. The summed E-state index contributed by atoms with van der Waals surface area (Å²) in [6.45, 7) is 3.30. The van der Waals surface area contributed by atoms with Gasteiger partial charge in [0, 0.05) is 32.7 Å². The van der Waals surface area contributed by atoms with Gasteiger partial charge in [0.1, 0.15) is 6.54 Å². The summed E-state index contributed by atoms with van der Waals surface area (Å²) in [5.74, 6) is -2.16. The number of piperazine rings is 1. The van der Waals surface area contributed by atoms with Gasteiger partial charge >= 0.3 is 17.8 Å². The second-order valence-corrected chi connectivity index (χ2v) is 4.73. The van der Waals surface area contributed by atoms with Gasteiger partial charge in [-0.3, -0.25) is 19.3 Å². The summed E-state index contributed by atoms with van der Waals surface area (Å²) in [6.07, 6.45) is 0. The molecule has 8 nitrogen and oxygen atoms in total. The van der Waals surface area contributed by atoms with Crippen molar-refractivity contribution in [2.45, 2.75) is 13.0 Å². The van der Waals surface area contributed by atoms with Crippen LogP contribution in [0.15, 0.2) is 0 Å². The molecule has 9 heteroatoms. The molecule has 2 aliphatic rings. The zero-order valence-corrected chi connectivity index (χ0v) is 12.1. The first-order valence-corrected chi connectivity index (χ1v) is 6.06. The number of urea groups is 1. The summed E-state index contributed by atoms with van der Waals surface area (Å²) in [5.41, 5.74) is 0. The van der Waals surface area contributed by atoms with Crippen LogP contribution in [0, 0.1) is 0 Å². The highest BCUT2D eigenvalue weighted by Gasteiger charge is 2.43. The highest BCUT2D eigenvalue weighted by atomic mass is 35.5. The van der Waals surface area contributed by atoms with Gasteiger partial charge in [0.2, 0.25) is 5.91 Å². The molecule has 2 rings (SSSR count). The molecular formula is C11H17ClN4O4. The maximum atomic E-state index is 12.0. The Morgan fingerprint density at radius 1 is 1.30 bits per heavy atom. The Hall–Kier alpha value is -1.67. The van der Waals surface area contributed by atoms with E-state index in [0.717, 1.165) is 4.90 Å². The van der Waals surface area contributed by atoms with E-state index in [-0.39, 0.29) is 30.9 Å². The van der Waals surface area contributed by atoms with E-state index >= 15 is 0 Å². The molecule has 5 amide bonds. The molecule has 2 aliphatic heterocycles. The van der Waals surface area contributed by atoms with Gasteiger partial charge in [-0.1, -0.05) is 0 Å². The summed E-state index contributed by atoms with van der Waals surface area (Å²) >= 11 is 0. The molecule has 0 saturated carbocycles. The summed E-state index contributed by atoms with van der Waals surface area (Å²) in [7, 11) is 1.22. The van der Waals surface area contributed by atoms with Gasteiger partial charge in [-0.2, -0.15) is 0 Å². The molecule has 1 atom stereocenters. The topological polar surface area (TPSA) is 90.0 Å². The Kier molecular flexibility index (Phi) is 5.07. The smallest absolute Gasteiger partial charge is 0.334 e. The van der Waals surface area contributed by atoms with Crippen LogP contribution in [0.25, 0.3) is 0 Å². The van der Waals surface area contributed by atoms with Crippen LogP contribution in [0.1, 0.15) is 6.92 Å². The van der Waals surface area contributed by atoms with E-state index < -0.39 is 17.8 Å². The maximum absolute atomic E-state index is 12.0. The molecule has 0 aromatic carbocycles. The fourth-order valence-corrected chi connectivity index (χ4v) is 2.15. The van der Waals surface area contributed by atoms with E-state index in [1.807, 2.05) is 6.92 Å². The van der Waals surface area contributed by atoms with Crippen molar-refractivity contribution >= 4 is 36.2 Å². The third-order valence-corrected chi connectivity index (χ3v) is 3.27. The number of carbonyl (C=O) groups excluding carboxylic acids is 4. The number of nitrogens with one attached hydrogen (secondary N) is 1. The average Bonchev–Trinajstić information content (AvgIpc) is 2.56. The van der Waals surface area contributed by atoms with Crippen molar-refractivity contribution in [3.8, 4) is 0 Å². The monoisotopic (exact) mass is 304 g/mol. The number of carbonyl (C=O) groups is 4. The van der Waals surface area contributed by atoms with Gasteiger partial charge in [0.15, 0.2) is 0 Å². The van der Waals surface area contributed by atoms with Crippen LogP contribution in [-0.4, -0.2) is 77.7 Å². The molecule has 0 radical (unpaired) electrons. The lowest BCUT2D eigenvalue weighted by molar-refractivity contribution is -0.144. The molecule has 0 aromatic rings. The van der Waals surface area contributed by atoms with Crippen LogP contribution in [-0.2, 0) is 14.4 Å². The fourth-order valence-electron chi connectivity index (χ4n) is 2.15. The standard InChI is InChI=1S/C11H16N4O4.ClH/c1-7-5-14(4-3-12-7)8(16)6-15-10(18)9(17)13(2)11(15)19;/h7,12H,3-6H2,1-2H3;1H. The second kappa shape index (κ2) is 6.19. The first kappa shape index (κ1) is 16.4. The molecule has 0 aliphatic carbocycles. The van der Waals surface area contributed by atoms with Crippen LogP contribution >= 0.6 is 12.4 Å². The van der Waals surface area contributed by atoms with Gasteiger partial charge in [-0.05, 0) is 6.92 Å². The molecule has 1 N–H and O–H groups in total. The summed E-state index contributed by atoms with van der Waals surface area (Å²) in [6, 6.07) is -0.571. The summed E-state index contributed by atoms with van der Waals surface area (Å²) in [5, 5.41) is 3.19. The van der Waals surface area contributed by atoms with Crippen molar-refractivity contribution in [1.29, 1.82) is 0 Å². The Balaban J connectivity index is 0.00000200. The minimum atomic E-state index is -0.941. The van der Waals surface area contributed by atoms with E-state index in [1.54, 1.807) is 4.90 Å². The number of nitrogens with zero attached hydrogens (tertiary/aromatic N) is 3. The molecule has 20 heavy (non-hydrogen) atoms. The Bertz CT molecular complexity index is 456. The first-order valence-electron chi connectivity index (χ1n) is 6.06. The molecule has 2 fully saturated rings. The number of imide groups is 2. The van der Waals surface area contributed by atoms with Crippen LogP contribution in [0.2, 0.25) is 0 Å². The van der Waals surface area contributed by atoms with Crippen molar-refractivity contribution in [3.05, 3.63) is 0 Å². The molecule has 0 spiro atoms. The second-order valence-electron chi connectivity index (χ2n) is 4.73. The van der Waals surface area contributed by atoms with Gasteiger partial charge in [0.05, 0.1) is 0 Å². The molecule has 112 valence electrons. The van der Waals surface area contributed by atoms with Crippen molar-refractivity contribution in [3.63, 3.8) is 0 Å². The average molecular weight is 305 g/mol. The van der Waals surface area contributed by atoms with Crippen LogP contribution in [0.4, 0.5) is 4.79 Å². The van der Waals surface area contributed by atoms with Crippen LogP contribution in [0.5, 0.6) is 0 Å². The predicted molar refractivity (Wildman–Crippen MR) is 71.2 cm³/mol. The minimum absolute atomic E-state index is 0. The zero-order valence-electron chi connectivity index (χ0n) is 11.3. The SMILES string of the molecule is CC1CN(C(=O)CN2C(=O)C(=O)N(C)C2=O)CCN1.Cl. The number of hydrogen-bond acceptors (Lipinski definition) is 5. The van der Waals surface area contributed by atoms with E-state index in [4.69, 9.17) is 0 Å². The minimum Gasteiger partial charge on any atom is -0.338 e. The van der Waals surface area contributed by atoms with Crippen molar-refractivity contribution in [2.75, 3.05) is 33.2 Å². The first-order chi connectivity index (χ1) is 8.91. The lowest BCUT2D eigenvalue weighted by atomic mass is 10.2. The number of hydrogen-bond donors (Lipinski definition) is 1. The van der Waals surface area contributed by atoms with Crippen molar-refractivity contribution < 1.29 is 19.2 Å². The highest BCUT2D eigenvalue weighted by molar-refractivity contribution is 6.44. The van der Waals surface area contributed by atoms with Crippen LogP contribution in [0.3, 0.4) is 0 Å². The molecule has 0 aromatic heterocycles. The van der Waals surface area contributed by atoms with Gasteiger partial charge in [0.25, 0.3) is 0 Å². The number of rotatable bonds is 2. The van der Waals surface area contributed by atoms with Gasteiger partial charge in [-0.25, -0.2) is 9.69 Å². The largest absolute Gasteiger partial charge is 0.338 e. The highest BCUT2D eigenvalue weighted by Crippen LogP contribution is 2.10. The lowest BCUT2D eigenvalue weighted by Crippen LogP contribution is -2.54. The predicted octanol–water partition coefficient (Wildman–Crippen LogP) is -1.35. The van der Waals surface area contributed by atoms with E-state index in [0.29, 0.717) is 24.5 Å². The number of likely N-dealkylation sites (N-methyl/N-ethyl adjacent to an activating group) is 1. The Morgan fingerprint density at radius 2 is 1.95 bits per heavy atom. The maximum Gasteiger partial charge on any atom is 0.334 e. The summed E-state index contributed by atoms with van der Waals surface area (Å²) in [4.78, 5) is 49.5. The number of halogens is 1. The fraction of sp³-hybridized carbons (Fsp3) is 0.636. The quantitative estimate of drug-likeness (QED) is 0.503. The summed E-state index contributed by atoms with van der Waals surface area (Å²) < 4.78 is 0. The Morgan fingerprint density at radius 3 is 2.45 bits per heavy atom. The third-order valence-electron chi connectivity index (χ3n) is 3.27. The van der Waals surface area contributed by atoms with Gasteiger partial charge < -0.3 is 10.2 Å². The van der Waals surface area contributed by atoms with Crippen molar-refractivity contribution in [2.24, 2.45) is 0 Å². The van der Waals surface area contributed by atoms with Crippen molar-refractivity contribution in [1.82, 2.24) is 20.0 Å². The Labute approximate surface area is 122 Å². The van der Waals surface area contributed by atoms with E-state index in [1.165, 1.54) is 7.05 Å². The zero-order chi connectivity index (χ0) is 14.2. The molecule has 2 saturated heterocycles. The normalized spacial score (nSPS) is 23.2. The lowest BCUT2D eigenvalue weighted by Gasteiger charge is -2.32. The van der Waals surface area contributed by atoms with E-state index in [2.05, 4.69) is 5.32 Å². The van der Waals surface area contributed by atoms with Gasteiger partial charge in [-0.15, -0.1) is 12.4 Å².